The molecule has 0 bridgehead atoms. The number of nitrogens with zero attached hydrogens (tertiary/aromatic N) is 2. The lowest BCUT2D eigenvalue weighted by atomic mass is 10.0. The number of Topliss-reactive ketones (excluding diaryl/α,β-unsaturated/α-hetero) is 1. The lowest BCUT2D eigenvalue weighted by Crippen LogP contribution is -2.27. The van der Waals surface area contributed by atoms with Gasteiger partial charge in [0.25, 0.3) is 5.91 Å². The molecule has 0 fully saturated rings. The van der Waals surface area contributed by atoms with Crippen LogP contribution in [0.25, 0.3) is 10.9 Å². The van der Waals surface area contributed by atoms with Gasteiger partial charge in [0.15, 0.2) is 5.78 Å². The molecule has 1 aromatic carbocycles. The molecule has 0 atom stereocenters. The maximum absolute atomic E-state index is 12.2. The van der Waals surface area contributed by atoms with Gasteiger partial charge in [-0.3, -0.25) is 9.59 Å². The number of nitrogens with one attached hydrogen (secondary N) is 1. The van der Waals surface area contributed by atoms with Crippen LogP contribution >= 0.6 is 0 Å². The lowest BCUT2D eigenvalue weighted by molar-refractivity contribution is 0.0947. The van der Waals surface area contributed by atoms with E-state index in [-0.39, 0.29) is 11.7 Å². The number of rotatable bonds is 2. The zero-order valence-corrected chi connectivity index (χ0v) is 11.0. The molecule has 0 spiro atoms. The maximum atomic E-state index is 12.2. The molecule has 6 heteroatoms. The van der Waals surface area contributed by atoms with Crippen LogP contribution in [0.5, 0.6) is 0 Å². The Balaban J connectivity index is 2.27. The van der Waals surface area contributed by atoms with Crippen LogP contribution in [-0.2, 0) is 6.54 Å². The molecule has 0 saturated heterocycles. The van der Waals surface area contributed by atoms with Crippen molar-refractivity contribution >= 4 is 28.9 Å². The van der Waals surface area contributed by atoms with Gasteiger partial charge in [0.1, 0.15) is 12.0 Å². The smallest absolute Gasteiger partial charge is 0.273 e. The Morgan fingerprint density at radius 2 is 2.30 bits per heavy atom. The summed E-state index contributed by atoms with van der Waals surface area (Å²) in [6.45, 7) is 2.40. The van der Waals surface area contributed by atoms with Crippen LogP contribution in [0, 0.1) is 6.92 Å². The molecule has 1 aromatic heterocycles. The molecule has 2 heterocycles. The van der Waals surface area contributed by atoms with E-state index in [2.05, 4.69) is 10.4 Å². The minimum Gasteiger partial charge on any atom is -0.335 e. The van der Waals surface area contributed by atoms with E-state index in [0.717, 1.165) is 22.8 Å². The number of aromatic nitrogens is 1. The number of hydrogen-bond acceptors (Lipinski definition) is 4. The predicted octanol–water partition coefficient (Wildman–Crippen LogP) is 1.17. The number of ketones is 1. The van der Waals surface area contributed by atoms with Crippen LogP contribution in [-0.4, -0.2) is 22.6 Å². The number of amides is 1. The van der Waals surface area contributed by atoms with Crippen LogP contribution in [0.2, 0.25) is 0 Å². The minimum absolute atomic E-state index is 0.121. The third-order valence-corrected chi connectivity index (χ3v) is 3.68. The monoisotopic (exact) mass is 270 g/mol. The summed E-state index contributed by atoms with van der Waals surface area (Å²) in [5, 5.41) is 6.72. The van der Waals surface area contributed by atoms with Gasteiger partial charge in [0, 0.05) is 23.9 Å². The normalized spacial score (nSPS) is 14.2. The number of carbonyl (C=O) groups is 2. The highest BCUT2D eigenvalue weighted by molar-refractivity contribution is 6.13. The third kappa shape index (κ3) is 1.61. The van der Waals surface area contributed by atoms with Crippen molar-refractivity contribution in [3.8, 4) is 0 Å². The molecule has 0 unspecified atom stereocenters. The Morgan fingerprint density at radius 1 is 1.50 bits per heavy atom. The number of carbonyl (C=O) groups excluding carboxylic acids is 2. The molecule has 20 heavy (non-hydrogen) atoms. The van der Waals surface area contributed by atoms with Crippen molar-refractivity contribution in [2.45, 2.75) is 19.9 Å². The summed E-state index contributed by atoms with van der Waals surface area (Å²) >= 11 is 0. The molecule has 6 nitrogen and oxygen atoms in total. The fourth-order valence-corrected chi connectivity index (χ4v) is 2.83. The van der Waals surface area contributed by atoms with Gasteiger partial charge in [0.05, 0.1) is 5.52 Å². The standard InChI is InChI=1S/C14H14N4O2/c1-8-9-3-2-4-10-11(19)5-6-18(13(9)10)12(8)14(20)16-7-17-15/h2-4,7H,5-6,15H2,1H3,(H,16,17,20). The van der Waals surface area contributed by atoms with E-state index in [1.807, 2.05) is 29.7 Å². The molecule has 3 rings (SSSR count). The first-order valence-electron chi connectivity index (χ1n) is 6.32. The van der Waals surface area contributed by atoms with Crippen LogP contribution in [0.1, 0.15) is 32.8 Å². The Morgan fingerprint density at radius 3 is 3.05 bits per heavy atom. The van der Waals surface area contributed by atoms with Gasteiger partial charge in [0.2, 0.25) is 0 Å². The maximum Gasteiger partial charge on any atom is 0.273 e. The quantitative estimate of drug-likeness (QED) is 0.371. The predicted molar refractivity (Wildman–Crippen MR) is 75.8 cm³/mol. The summed E-state index contributed by atoms with van der Waals surface area (Å²) in [6.07, 6.45) is 1.56. The minimum atomic E-state index is -0.270. The fraction of sp³-hybridized carbons (Fsp3) is 0.214. The average molecular weight is 270 g/mol. The second-order valence-electron chi connectivity index (χ2n) is 4.75. The Kier molecular flexibility index (Phi) is 2.78. The van der Waals surface area contributed by atoms with E-state index in [4.69, 9.17) is 5.84 Å². The largest absolute Gasteiger partial charge is 0.335 e. The molecule has 1 aliphatic rings. The van der Waals surface area contributed by atoms with Crippen LogP contribution < -0.4 is 11.2 Å². The van der Waals surface area contributed by atoms with Crippen molar-refractivity contribution in [1.82, 2.24) is 9.88 Å². The molecular weight excluding hydrogens is 256 g/mol. The van der Waals surface area contributed by atoms with E-state index >= 15 is 0 Å². The van der Waals surface area contributed by atoms with E-state index in [9.17, 15) is 9.59 Å². The summed E-state index contributed by atoms with van der Waals surface area (Å²) in [6, 6.07) is 5.58. The van der Waals surface area contributed by atoms with Crippen molar-refractivity contribution in [3.63, 3.8) is 0 Å². The summed E-state index contributed by atoms with van der Waals surface area (Å²) in [7, 11) is 0. The highest BCUT2D eigenvalue weighted by Gasteiger charge is 2.26. The van der Waals surface area contributed by atoms with Crippen LogP contribution in [0.15, 0.2) is 23.3 Å². The number of nitrogens with two attached hydrogens (primary N) is 1. The lowest BCUT2D eigenvalue weighted by Gasteiger charge is -2.16. The Labute approximate surface area is 115 Å². The van der Waals surface area contributed by atoms with Crippen molar-refractivity contribution in [3.05, 3.63) is 35.0 Å². The SMILES string of the molecule is Cc1c(C(=O)NC=NN)n2c3c(cccc13)C(=O)CC2. The van der Waals surface area contributed by atoms with Crippen molar-refractivity contribution in [2.24, 2.45) is 10.9 Å². The number of para-hydroxylation sites is 1. The number of aryl methyl sites for hydroxylation is 2. The Hall–Kier alpha value is -2.63. The van der Waals surface area contributed by atoms with Gasteiger partial charge in [-0.25, -0.2) is 0 Å². The van der Waals surface area contributed by atoms with Crippen molar-refractivity contribution in [1.29, 1.82) is 0 Å². The van der Waals surface area contributed by atoms with E-state index in [1.165, 1.54) is 0 Å². The van der Waals surface area contributed by atoms with Gasteiger partial charge in [-0.1, -0.05) is 12.1 Å². The highest BCUT2D eigenvalue weighted by Crippen LogP contribution is 2.32. The second-order valence-corrected chi connectivity index (χ2v) is 4.75. The first kappa shape index (κ1) is 12.4. The van der Waals surface area contributed by atoms with Gasteiger partial charge < -0.3 is 15.7 Å². The summed E-state index contributed by atoms with van der Waals surface area (Å²) in [5.74, 6) is 4.85. The molecule has 1 aliphatic heterocycles. The first-order chi connectivity index (χ1) is 9.65. The fourth-order valence-electron chi connectivity index (χ4n) is 2.83. The zero-order valence-electron chi connectivity index (χ0n) is 11.0. The van der Waals surface area contributed by atoms with Crippen molar-refractivity contribution < 1.29 is 9.59 Å². The average Bonchev–Trinajstić information content (AvgIpc) is 2.75. The van der Waals surface area contributed by atoms with Crippen molar-refractivity contribution in [2.75, 3.05) is 0 Å². The molecule has 102 valence electrons. The number of hydrogen-bond donors (Lipinski definition) is 2. The van der Waals surface area contributed by atoms with Crippen LogP contribution in [0.4, 0.5) is 0 Å². The first-order valence-corrected chi connectivity index (χ1v) is 6.32. The zero-order chi connectivity index (χ0) is 14.3. The molecule has 1 amide bonds. The van der Waals surface area contributed by atoms with Gasteiger partial charge in [-0.2, -0.15) is 5.10 Å². The summed E-state index contributed by atoms with van der Waals surface area (Å²) in [5.41, 5.74) is 2.94. The van der Waals surface area contributed by atoms with Crippen LogP contribution in [0.3, 0.4) is 0 Å². The van der Waals surface area contributed by atoms with E-state index < -0.39 is 0 Å². The second kappa shape index (κ2) is 4.48. The van der Waals surface area contributed by atoms with Gasteiger partial charge in [-0.05, 0) is 18.6 Å². The van der Waals surface area contributed by atoms with Gasteiger partial charge >= 0.3 is 0 Å². The summed E-state index contributed by atoms with van der Waals surface area (Å²) < 4.78 is 1.90. The molecule has 2 aromatic rings. The third-order valence-electron chi connectivity index (χ3n) is 3.68. The van der Waals surface area contributed by atoms with E-state index in [1.54, 1.807) is 0 Å². The number of hydrazone groups is 1. The molecule has 0 radical (unpaired) electrons. The van der Waals surface area contributed by atoms with E-state index in [0.29, 0.717) is 24.2 Å². The Bertz CT molecular complexity index is 758. The molecule has 3 N–H and O–H groups in total. The highest BCUT2D eigenvalue weighted by atomic mass is 16.2. The number of benzene rings is 1. The molecule has 0 saturated carbocycles. The summed E-state index contributed by atoms with van der Waals surface area (Å²) in [4.78, 5) is 24.2. The van der Waals surface area contributed by atoms with Gasteiger partial charge in [-0.15, -0.1) is 0 Å². The molecule has 0 aliphatic carbocycles. The topological polar surface area (TPSA) is 89.5 Å². The molecular formula is C14H14N4O2.